The smallest absolute Gasteiger partial charge is 0.326 e. The summed E-state index contributed by atoms with van der Waals surface area (Å²) in [6.45, 7) is 5.44. The largest absolute Gasteiger partial charge is 0.480 e. The number of carboxylic acid groups (broad SMARTS) is 1. The van der Waals surface area contributed by atoms with Crippen LogP contribution in [0.1, 0.15) is 65.3 Å². The van der Waals surface area contributed by atoms with Gasteiger partial charge >= 0.3 is 5.97 Å². The average molecular weight is 307 g/mol. The summed E-state index contributed by atoms with van der Waals surface area (Å²) in [6.07, 6.45) is 2.13. The van der Waals surface area contributed by atoms with Crippen LogP contribution in [0.15, 0.2) is 4.42 Å². The molecule has 1 amide bonds. The number of rotatable bonds is 5. The highest BCUT2D eigenvalue weighted by atomic mass is 16.4. The molecule has 1 aromatic heterocycles. The molecule has 0 saturated heterocycles. The van der Waals surface area contributed by atoms with Gasteiger partial charge in [0.1, 0.15) is 11.8 Å². The summed E-state index contributed by atoms with van der Waals surface area (Å²) in [4.78, 5) is 35.5. The van der Waals surface area contributed by atoms with Crippen molar-refractivity contribution in [1.82, 2.24) is 5.32 Å². The molecule has 2 rings (SSSR count). The number of aryl methyl sites for hydroxylation is 1. The Balaban J connectivity index is 2.23. The standard InChI is InChI=1S/C16H21NO5/c1-8(2)7-10(16(20)21)17-15(19)14-9(3)13-11(18)5-4-6-12(13)22-14/h8,10H,4-7H2,1-3H3,(H,17,19)(H,20,21). The highest BCUT2D eigenvalue weighted by Crippen LogP contribution is 2.29. The van der Waals surface area contributed by atoms with Crippen LogP contribution in [0.5, 0.6) is 0 Å². The van der Waals surface area contributed by atoms with Crippen LogP contribution >= 0.6 is 0 Å². The number of aliphatic carboxylic acids is 1. The van der Waals surface area contributed by atoms with Gasteiger partial charge in [0, 0.05) is 18.4 Å². The zero-order valence-electron chi connectivity index (χ0n) is 13.1. The van der Waals surface area contributed by atoms with E-state index in [0.29, 0.717) is 42.6 Å². The van der Waals surface area contributed by atoms with Crippen molar-refractivity contribution in [3.05, 3.63) is 22.6 Å². The maximum atomic E-state index is 12.3. The van der Waals surface area contributed by atoms with Gasteiger partial charge in [0.05, 0.1) is 5.56 Å². The fourth-order valence-corrected chi connectivity index (χ4v) is 2.78. The van der Waals surface area contributed by atoms with E-state index in [0.717, 1.165) is 0 Å². The molecule has 1 unspecified atom stereocenters. The van der Waals surface area contributed by atoms with Crippen molar-refractivity contribution in [2.75, 3.05) is 0 Å². The van der Waals surface area contributed by atoms with Gasteiger partial charge in [0.25, 0.3) is 5.91 Å². The van der Waals surface area contributed by atoms with Crippen molar-refractivity contribution < 1.29 is 23.9 Å². The molecule has 0 radical (unpaired) electrons. The topological polar surface area (TPSA) is 96.6 Å². The Labute approximate surface area is 128 Å². The predicted octanol–water partition coefficient (Wildman–Crippen LogP) is 2.34. The highest BCUT2D eigenvalue weighted by molar-refractivity contribution is 6.03. The summed E-state index contributed by atoms with van der Waals surface area (Å²) < 4.78 is 5.53. The van der Waals surface area contributed by atoms with Crippen molar-refractivity contribution in [3.8, 4) is 0 Å². The molecule has 6 heteroatoms. The zero-order chi connectivity index (χ0) is 16.4. The number of nitrogens with one attached hydrogen (secondary N) is 1. The van der Waals surface area contributed by atoms with Crippen LogP contribution in [0.4, 0.5) is 0 Å². The summed E-state index contributed by atoms with van der Waals surface area (Å²) in [5.41, 5.74) is 0.998. The van der Waals surface area contributed by atoms with Crippen LogP contribution < -0.4 is 5.32 Å². The van der Waals surface area contributed by atoms with Gasteiger partial charge in [0.2, 0.25) is 0 Å². The molecule has 22 heavy (non-hydrogen) atoms. The second kappa shape index (κ2) is 6.34. The Morgan fingerprint density at radius 3 is 2.55 bits per heavy atom. The Morgan fingerprint density at radius 2 is 2.00 bits per heavy atom. The van der Waals surface area contributed by atoms with Gasteiger partial charge in [-0.15, -0.1) is 0 Å². The fourth-order valence-electron chi connectivity index (χ4n) is 2.78. The molecule has 6 nitrogen and oxygen atoms in total. The summed E-state index contributed by atoms with van der Waals surface area (Å²) in [5.74, 6) is -0.947. The molecule has 0 aliphatic heterocycles. The Bertz CT molecular complexity index is 614. The van der Waals surface area contributed by atoms with E-state index in [4.69, 9.17) is 4.42 Å². The highest BCUT2D eigenvalue weighted by Gasteiger charge is 2.30. The third kappa shape index (κ3) is 3.21. The molecule has 0 bridgehead atoms. The number of carbonyl (C=O) groups is 3. The molecule has 120 valence electrons. The average Bonchev–Trinajstić information content (AvgIpc) is 2.76. The van der Waals surface area contributed by atoms with Crippen molar-refractivity contribution in [1.29, 1.82) is 0 Å². The second-order valence-corrected chi connectivity index (χ2v) is 6.12. The van der Waals surface area contributed by atoms with E-state index in [9.17, 15) is 19.5 Å². The second-order valence-electron chi connectivity index (χ2n) is 6.12. The summed E-state index contributed by atoms with van der Waals surface area (Å²) >= 11 is 0. The number of carboxylic acids is 1. The van der Waals surface area contributed by atoms with E-state index in [1.807, 2.05) is 13.8 Å². The van der Waals surface area contributed by atoms with E-state index in [1.165, 1.54) is 0 Å². The van der Waals surface area contributed by atoms with Crippen molar-refractivity contribution >= 4 is 17.7 Å². The maximum absolute atomic E-state index is 12.3. The van der Waals surface area contributed by atoms with Gasteiger partial charge in [-0.05, 0) is 25.7 Å². The van der Waals surface area contributed by atoms with Crippen LogP contribution in [-0.2, 0) is 11.2 Å². The van der Waals surface area contributed by atoms with Crippen LogP contribution in [0.2, 0.25) is 0 Å². The summed E-state index contributed by atoms with van der Waals surface area (Å²) in [6, 6.07) is -0.968. The quantitative estimate of drug-likeness (QED) is 0.870. The van der Waals surface area contributed by atoms with E-state index in [1.54, 1.807) is 6.92 Å². The molecular formula is C16H21NO5. The van der Waals surface area contributed by atoms with Crippen molar-refractivity contribution in [2.45, 2.75) is 52.5 Å². The minimum absolute atomic E-state index is 0.0153. The molecule has 1 aromatic rings. The molecule has 0 aromatic carbocycles. The first-order valence-corrected chi connectivity index (χ1v) is 7.50. The molecular weight excluding hydrogens is 286 g/mol. The SMILES string of the molecule is Cc1c(C(=O)NC(CC(C)C)C(=O)O)oc2c1C(=O)CCC2. The third-order valence-electron chi connectivity index (χ3n) is 3.82. The molecule has 1 atom stereocenters. The first-order chi connectivity index (χ1) is 10.3. The first-order valence-electron chi connectivity index (χ1n) is 7.50. The predicted molar refractivity (Wildman–Crippen MR) is 79.1 cm³/mol. The molecule has 1 heterocycles. The number of Topliss-reactive ketones (excluding diaryl/α,β-unsaturated/α-hetero) is 1. The number of hydrogen-bond acceptors (Lipinski definition) is 4. The summed E-state index contributed by atoms with van der Waals surface area (Å²) in [7, 11) is 0. The normalized spacial score (nSPS) is 15.5. The van der Waals surface area contributed by atoms with E-state index in [2.05, 4.69) is 5.32 Å². The lowest BCUT2D eigenvalue weighted by atomic mass is 9.94. The number of carbonyl (C=O) groups excluding carboxylic acids is 2. The van der Waals surface area contributed by atoms with Crippen molar-refractivity contribution in [2.24, 2.45) is 5.92 Å². The van der Waals surface area contributed by atoms with Crippen LogP contribution in [0.3, 0.4) is 0 Å². The molecule has 2 N–H and O–H groups in total. The number of furan rings is 1. The lowest BCUT2D eigenvalue weighted by Crippen LogP contribution is -2.41. The Hall–Kier alpha value is -2.11. The minimum Gasteiger partial charge on any atom is -0.480 e. The fraction of sp³-hybridized carbons (Fsp3) is 0.562. The first kappa shape index (κ1) is 16.3. The number of ketones is 1. The van der Waals surface area contributed by atoms with Crippen molar-refractivity contribution in [3.63, 3.8) is 0 Å². The molecule has 0 saturated carbocycles. The molecule has 0 spiro atoms. The van der Waals surface area contributed by atoms with Gasteiger partial charge in [-0.2, -0.15) is 0 Å². The minimum atomic E-state index is -1.08. The van der Waals surface area contributed by atoms with E-state index >= 15 is 0 Å². The maximum Gasteiger partial charge on any atom is 0.326 e. The zero-order valence-corrected chi connectivity index (χ0v) is 13.1. The number of amides is 1. The third-order valence-corrected chi connectivity index (χ3v) is 3.82. The van der Waals surface area contributed by atoms with Crippen LogP contribution in [0, 0.1) is 12.8 Å². The Morgan fingerprint density at radius 1 is 1.32 bits per heavy atom. The van der Waals surface area contributed by atoms with Gasteiger partial charge in [-0.25, -0.2) is 4.79 Å². The molecule has 0 fully saturated rings. The summed E-state index contributed by atoms with van der Waals surface area (Å²) in [5, 5.41) is 11.7. The number of hydrogen-bond donors (Lipinski definition) is 2. The Kier molecular flexibility index (Phi) is 4.68. The van der Waals surface area contributed by atoms with Gasteiger partial charge in [0.15, 0.2) is 11.5 Å². The molecule has 1 aliphatic carbocycles. The van der Waals surface area contributed by atoms with Crippen LogP contribution in [0.25, 0.3) is 0 Å². The lowest BCUT2D eigenvalue weighted by Gasteiger charge is -2.15. The van der Waals surface area contributed by atoms with E-state index < -0.39 is 17.9 Å². The van der Waals surface area contributed by atoms with Gasteiger partial charge in [-0.1, -0.05) is 13.8 Å². The van der Waals surface area contributed by atoms with Gasteiger partial charge in [-0.3, -0.25) is 9.59 Å². The lowest BCUT2D eigenvalue weighted by molar-refractivity contribution is -0.139. The van der Waals surface area contributed by atoms with Crippen LogP contribution in [-0.4, -0.2) is 28.8 Å². The van der Waals surface area contributed by atoms with E-state index in [-0.39, 0.29) is 17.5 Å². The number of fused-ring (bicyclic) bond motifs is 1. The molecule has 1 aliphatic rings. The monoisotopic (exact) mass is 307 g/mol. The van der Waals surface area contributed by atoms with Gasteiger partial charge < -0.3 is 14.8 Å².